The molecule has 0 aliphatic rings. The van der Waals surface area contributed by atoms with E-state index in [-0.39, 0.29) is 29.0 Å². The summed E-state index contributed by atoms with van der Waals surface area (Å²) >= 11 is 3.46. The Morgan fingerprint density at radius 3 is 2.27 bits per heavy atom. The van der Waals surface area contributed by atoms with Crippen LogP contribution in [0.15, 0.2) is 82.2 Å². The lowest BCUT2D eigenvalue weighted by molar-refractivity contribution is -0.139. The number of anilines is 1. The summed E-state index contributed by atoms with van der Waals surface area (Å²) in [6.07, 6.45) is 0. The van der Waals surface area contributed by atoms with Crippen molar-refractivity contribution in [1.29, 1.82) is 0 Å². The zero-order valence-electron chi connectivity index (χ0n) is 23.4. The van der Waals surface area contributed by atoms with Gasteiger partial charge < -0.3 is 15.0 Å². The molecular weight excluding hydrogens is 594 g/mol. The molecule has 8 nitrogen and oxygen atoms in total. The van der Waals surface area contributed by atoms with Gasteiger partial charge in [0.05, 0.1) is 17.7 Å². The lowest BCUT2D eigenvalue weighted by Gasteiger charge is -2.32. The first kappa shape index (κ1) is 31.2. The van der Waals surface area contributed by atoms with E-state index in [0.717, 1.165) is 19.9 Å². The quantitative estimate of drug-likeness (QED) is 0.299. The molecule has 0 saturated carbocycles. The topological polar surface area (TPSA) is 96.0 Å². The van der Waals surface area contributed by atoms with Crippen LogP contribution in [0.1, 0.15) is 31.9 Å². The van der Waals surface area contributed by atoms with Crippen LogP contribution in [0.3, 0.4) is 0 Å². The second-order valence-corrected chi connectivity index (χ2v) is 12.7. The fourth-order valence-corrected chi connectivity index (χ4v) is 5.92. The molecule has 10 heteroatoms. The first-order valence-corrected chi connectivity index (χ1v) is 15.2. The summed E-state index contributed by atoms with van der Waals surface area (Å²) in [5, 5.41) is 2.89. The number of carbonyl (C=O) groups is 2. The third-order valence-corrected chi connectivity index (χ3v) is 8.60. The van der Waals surface area contributed by atoms with Gasteiger partial charge >= 0.3 is 0 Å². The molecule has 2 amide bonds. The van der Waals surface area contributed by atoms with Crippen LogP contribution in [0, 0.1) is 12.8 Å². The summed E-state index contributed by atoms with van der Waals surface area (Å²) in [4.78, 5) is 28.6. The minimum Gasteiger partial charge on any atom is -0.495 e. The normalized spacial score (nSPS) is 12.1. The van der Waals surface area contributed by atoms with Gasteiger partial charge in [-0.05, 0) is 61.7 Å². The highest BCUT2D eigenvalue weighted by Gasteiger charge is 2.33. The Balaban J connectivity index is 2.05. The molecule has 0 aromatic heterocycles. The lowest BCUT2D eigenvalue weighted by Crippen LogP contribution is -2.51. The standard InChI is InChI=1S/C30H36BrN3O5S/c1-21(2)18-32-30(36)23(4)33(19-24-9-8-10-25(31)17-24)29(35)20-34(27-11-6-7-12-28(27)39-5)40(37,38)26-15-13-22(3)14-16-26/h6-17,21,23H,18-20H2,1-5H3,(H,32,36). The Labute approximate surface area is 245 Å². The van der Waals surface area contributed by atoms with E-state index in [1.54, 1.807) is 43.3 Å². The number of halogens is 1. The third-order valence-electron chi connectivity index (χ3n) is 6.34. The second kappa shape index (κ2) is 13.8. The molecule has 3 aromatic rings. The van der Waals surface area contributed by atoms with Gasteiger partial charge in [0.1, 0.15) is 18.3 Å². The molecule has 0 bridgehead atoms. The molecule has 1 unspecified atom stereocenters. The van der Waals surface area contributed by atoms with Gasteiger partial charge in [-0.1, -0.05) is 71.7 Å². The predicted octanol–water partition coefficient (Wildman–Crippen LogP) is 5.15. The number of sulfonamides is 1. The Morgan fingerprint density at radius 1 is 0.975 bits per heavy atom. The van der Waals surface area contributed by atoms with Crippen LogP contribution in [0.4, 0.5) is 5.69 Å². The molecule has 0 heterocycles. The second-order valence-electron chi connectivity index (χ2n) is 9.96. The van der Waals surface area contributed by atoms with Crippen LogP contribution in [0.25, 0.3) is 0 Å². The number of hydrogen-bond acceptors (Lipinski definition) is 5. The number of nitrogens with one attached hydrogen (secondary N) is 1. The number of hydrogen-bond donors (Lipinski definition) is 1. The predicted molar refractivity (Wildman–Crippen MR) is 161 cm³/mol. The Kier molecular flexibility index (Phi) is 10.8. The number of aryl methyl sites for hydroxylation is 1. The molecule has 3 rings (SSSR count). The van der Waals surface area contributed by atoms with Crippen molar-refractivity contribution in [2.75, 3.05) is 24.5 Å². The van der Waals surface area contributed by atoms with Crippen LogP contribution in [0.2, 0.25) is 0 Å². The molecule has 0 aliphatic heterocycles. The maximum absolute atomic E-state index is 14.0. The van der Waals surface area contributed by atoms with Crippen molar-refractivity contribution in [1.82, 2.24) is 10.2 Å². The van der Waals surface area contributed by atoms with Gasteiger partial charge in [-0.15, -0.1) is 0 Å². The van der Waals surface area contributed by atoms with Crippen LogP contribution in [0.5, 0.6) is 5.75 Å². The number of para-hydroxylation sites is 2. The largest absolute Gasteiger partial charge is 0.495 e. The number of ether oxygens (including phenoxy) is 1. The molecule has 0 spiro atoms. The first-order chi connectivity index (χ1) is 18.9. The molecule has 40 heavy (non-hydrogen) atoms. The minimum absolute atomic E-state index is 0.0399. The number of methoxy groups -OCH3 is 1. The van der Waals surface area contributed by atoms with Gasteiger partial charge in [-0.25, -0.2) is 8.42 Å². The SMILES string of the molecule is COc1ccccc1N(CC(=O)N(Cc1cccc(Br)c1)C(C)C(=O)NCC(C)C)S(=O)(=O)c1ccc(C)cc1. The molecular formula is C30H36BrN3O5S. The molecule has 3 aromatic carbocycles. The van der Waals surface area contributed by atoms with Crippen molar-refractivity contribution < 1.29 is 22.7 Å². The zero-order valence-corrected chi connectivity index (χ0v) is 25.8. The summed E-state index contributed by atoms with van der Waals surface area (Å²) < 4.78 is 35.3. The van der Waals surface area contributed by atoms with Gasteiger partial charge in [0.2, 0.25) is 11.8 Å². The summed E-state index contributed by atoms with van der Waals surface area (Å²) in [5.41, 5.74) is 1.91. The molecule has 0 fully saturated rings. The minimum atomic E-state index is -4.18. The third kappa shape index (κ3) is 7.85. The number of nitrogens with zero attached hydrogens (tertiary/aromatic N) is 2. The lowest BCUT2D eigenvalue weighted by atomic mass is 10.1. The van der Waals surface area contributed by atoms with E-state index >= 15 is 0 Å². The van der Waals surface area contributed by atoms with Crippen molar-refractivity contribution in [3.8, 4) is 5.75 Å². The Morgan fingerprint density at radius 2 is 1.65 bits per heavy atom. The smallest absolute Gasteiger partial charge is 0.264 e. The zero-order chi connectivity index (χ0) is 29.4. The van der Waals surface area contributed by atoms with E-state index in [4.69, 9.17) is 4.74 Å². The maximum Gasteiger partial charge on any atom is 0.264 e. The van der Waals surface area contributed by atoms with E-state index in [2.05, 4.69) is 21.2 Å². The molecule has 1 atom stereocenters. The fraction of sp³-hybridized carbons (Fsp3) is 0.333. The first-order valence-electron chi connectivity index (χ1n) is 13.0. The highest BCUT2D eigenvalue weighted by atomic mass is 79.9. The van der Waals surface area contributed by atoms with Crippen molar-refractivity contribution in [2.24, 2.45) is 5.92 Å². The van der Waals surface area contributed by atoms with Crippen molar-refractivity contribution in [2.45, 2.75) is 45.2 Å². The van der Waals surface area contributed by atoms with E-state index in [1.807, 2.05) is 45.0 Å². The van der Waals surface area contributed by atoms with E-state index in [0.29, 0.717) is 12.3 Å². The highest BCUT2D eigenvalue weighted by molar-refractivity contribution is 9.10. The van der Waals surface area contributed by atoms with Gasteiger partial charge in [0, 0.05) is 17.6 Å². The molecule has 0 aliphatic carbocycles. The van der Waals surface area contributed by atoms with Gasteiger partial charge in [-0.2, -0.15) is 0 Å². The molecule has 0 radical (unpaired) electrons. The summed E-state index contributed by atoms with van der Waals surface area (Å²) in [6.45, 7) is 7.51. The van der Waals surface area contributed by atoms with Crippen molar-refractivity contribution >= 4 is 43.5 Å². The number of benzene rings is 3. The van der Waals surface area contributed by atoms with Gasteiger partial charge in [-0.3, -0.25) is 13.9 Å². The Bertz CT molecular complexity index is 1430. The molecule has 1 N–H and O–H groups in total. The number of rotatable bonds is 12. The van der Waals surface area contributed by atoms with Crippen LogP contribution in [-0.4, -0.2) is 51.4 Å². The highest BCUT2D eigenvalue weighted by Crippen LogP contribution is 2.32. The average Bonchev–Trinajstić information content (AvgIpc) is 2.93. The monoisotopic (exact) mass is 629 g/mol. The fourth-order valence-electron chi connectivity index (χ4n) is 4.05. The number of amides is 2. The van der Waals surface area contributed by atoms with Gasteiger partial charge in [0.15, 0.2) is 0 Å². The van der Waals surface area contributed by atoms with Crippen LogP contribution >= 0.6 is 15.9 Å². The summed E-state index contributed by atoms with van der Waals surface area (Å²) in [5.74, 6) is -0.325. The van der Waals surface area contributed by atoms with E-state index in [9.17, 15) is 18.0 Å². The summed E-state index contributed by atoms with van der Waals surface area (Å²) in [6, 6.07) is 19.6. The number of carbonyl (C=O) groups excluding carboxylic acids is 2. The Hall–Kier alpha value is -3.37. The van der Waals surface area contributed by atoms with Gasteiger partial charge in [0.25, 0.3) is 10.0 Å². The molecule has 214 valence electrons. The van der Waals surface area contributed by atoms with E-state index < -0.39 is 28.5 Å². The summed E-state index contributed by atoms with van der Waals surface area (Å²) in [7, 11) is -2.74. The van der Waals surface area contributed by atoms with Crippen LogP contribution < -0.4 is 14.4 Å². The molecule has 0 saturated heterocycles. The van der Waals surface area contributed by atoms with Crippen molar-refractivity contribution in [3.63, 3.8) is 0 Å². The average molecular weight is 631 g/mol. The van der Waals surface area contributed by atoms with E-state index in [1.165, 1.54) is 24.1 Å². The van der Waals surface area contributed by atoms with Crippen LogP contribution in [-0.2, 0) is 26.2 Å². The van der Waals surface area contributed by atoms with Crippen molar-refractivity contribution in [3.05, 3.63) is 88.4 Å². The maximum atomic E-state index is 14.0.